The first kappa shape index (κ1) is 19.6. The fourth-order valence-corrected chi connectivity index (χ4v) is 4.19. The van der Waals surface area contributed by atoms with Crippen LogP contribution < -0.4 is 10.5 Å². The molecule has 0 radical (unpaired) electrons. The average molecular weight is 424 g/mol. The maximum Gasteiger partial charge on any atom is 0.249 e. The van der Waals surface area contributed by atoms with Gasteiger partial charge in [0.15, 0.2) is 6.29 Å². The summed E-state index contributed by atoms with van der Waals surface area (Å²) < 4.78 is 13.6. The molecule has 2 heterocycles. The van der Waals surface area contributed by atoms with E-state index in [-0.39, 0.29) is 6.61 Å². The normalized spacial score (nSPS) is 11.1. The van der Waals surface area contributed by atoms with Crippen LogP contribution in [0.2, 0.25) is 0 Å². The van der Waals surface area contributed by atoms with Gasteiger partial charge in [0.2, 0.25) is 5.91 Å². The van der Waals surface area contributed by atoms with Crippen LogP contribution in [0.25, 0.3) is 33.1 Å². The van der Waals surface area contributed by atoms with Gasteiger partial charge in [0.25, 0.3) is 0 Å². The Labute approximate surface area is 183 Å². The van der Waals surface area contributed by atoms with Crippen LogP contribution in [0.5, 0.6) is 5.75 Å². The highest BCUT2D eigenvalue weighted by atomic mass is 16.5. The van der Waals surface area contributed by atoms with Crippen molar-refractivity contribution >= 4 is 34.0 Å². The largest absolute Gasteiger partial charge is 0.485 e. The fourth-order valence-electron chi connectivity index (χ4n) is 4.19. The van der Waals surface area contributed by atoms with Crippen molar-refractivity contribution in [2.75, 3.05) is 6.61 Å². The minimum atomic E-state index is -0.522. The van der Waals surface area contributed by atoms with Crippen LogP contribution in [0.4, 0.5) is 0 Å². The molecular weight excluding hydrogens is 404 g/mol. The quantitative estimate of drug-likeness (QED) is 0.381. The molecule has 32 heavy (non-hydrogen) atoms. The molecule has 158 valence electrons. The summed E-state index contributed by atoms with van der Waals surface area (Å²) in [6.07, 6.45) is 2.31. The van der Waals surface area contributed by atoms with E-state index in [1.807, 2.05) is 54.6 Å². The second-order valence-corrected chi connectivity index (χ2v) is 7.46. The zero-order valence-corrected chi connectivity index (χ0v) is 17.2. The van der Waals surface area contributed by atoms with Crippen molar-refractivity contribution in [3.05, 3.63) is 90.2 Å². The molecule has 0 saturated heterocycles. The molecule has 1 amide bonds. The third kappa shape index (κ3) is 3.32. The number of ether oxygens (including phenoxy) is 1. The first-order chi connectivity index (χ1) is 15.7. The molecule has 0 bridgehead atoms. The van der Waals surface area contributed by atoms with Crippen LogP contribution in [-0.2, 0) is 11.3 Å². The summed E-state index contributed by atoms with van der Waals surface area (Å²) in [5.74, 6) is 0.645. The monoisotopic (exact) mass is 424 g/mol. The minimum Gasteiger partial charge on any atom is -0.485 e. The number of rotatable bonds is 7. The predicted octanol–water partition coefficient (Wildman–Crippen LogP) is 4.78. The van der Waals surface area contributed by atoms with Gasteiger partial charge in [-0.2, -0.15) is 0 Å². The summed E-state index contributed by atoms with van der Waals surface area (Å²) in [7, 11) is 0. The number of carbonyl (C=O) groups excluding carboxylic acids is 2. The first-order valence-corrected chi connectivity index (χ1v) is 10.2. The lowest BCUT2D eigenvalue weighted by Gasteiger charge is -2.11. The minimum absolute atomic E-state index is 0.110. The van der Waals surface area contributed by atoms with Crippen LogP contribution in [-0.4, -0.2) is 23.4 Å². The van der Waals surface area contributed by atoms with E-state index in [0.717, 1.165) is 27.5 Å². The van der Waals surface area contributed by atoms with Gasteiger partial charge in [0.05, 0.1) is 22.7 Å². The number of fused-ring (bicyclic) bond motifs is 3. The van der Waals surface area contributed by atoms with Gasteiger partial charge in [-0.05, 0) is 42.0 Å². The number of hydrogen-bond acceptors (Lipinski definition) is 4. The third-order valence-electron chi connectivity index (χ3n) is 5.52. The van der Waals surface area contributed by atoms with Crippen LogP contribution in [0.15, 0.2) is 83.5 Å². The number of furan rings is 1. The topological polar surface area (TPSA) is 87.5 Å². The maximum atomic E-state index is 12.3. The van der Waals surface area contributed by atoms with Crippen molar-refractivity contribution in [3.63, 3.8) is 0 Å². The Kier molecular flexibility index (Phi) is 4.95. The Hall–Kier alpha value is -4.32. The summed E-state index contributed by atoms with van der Waals surface area (Å²) >= 11 is 0. The number of aldehydes is 1. The highest BCUT2D eigenvalue weighted by Crippen LogP contribution is 2.41. The number of carbonyl (C=O) groups is 2. The van der Waals surface area contributed by atoms with Crippen LogP contribution in [0, 0.1) is 0 Å². The molecule has 5 rings (SSSR count). The molecule has 2 aromatic heterocycles. The van der Waals surface area contributed by atoms with Gasteiger partial charge in [-0.25, -0.2) is 0 Å². The third-order valence-corrected chi connectivity index (χ3v) is 5.52. The molecule has 5 aromatic rings. The van der Waals surface area contributed by atoms with Gasteiger partial charge >= 0.3 is 0 Å². The van der Waals surface area contributed by atoms with Crippen molar-refractivity contribution in [2.24, 2.45) is 5.73 Å². The molecule has 3 aromatic carbocycles. The molecule has 0 aliphatic rings. The second-order valence-electron chi connectivity index (χ2n) is 7.46. The van der Waals surface area contributed by atoms with E-state index in [9.17, 15) is 9.59 Å². The van der Waals surface area contributed by atoms with Gasteiger partial charge < -0.3 is 19.5 Å². The highest BCUT2D eigenvalue weighted by Gasteiger charge is 2.21. The number of amides is 1. The Morgan fingerprint density at radius 3 is 2.53 bits per heavy atom. The van der Waals surface area contributed by atoms with E-state index in [1.54, 1.807) is 12.3 Å². The first-order valence-electron chi connectivity index (χ1n) is 10.2. The fraction of sp³-hybridized carbons (Fsp3) is 0.0769. The standard InChI is InChI=1S/C26H20N2O4/c27-26(30)19-8-4-9-20-24(19)25-21(28(20)16-17-6-2-1-3-7-17)14-18(22-10-5-12-31-22)15-23(25)32-13-11-29/h1-12,14-15H,13,16H2,(H2,27,30). The summed E-state index contributed by atoms with van der Waals surface area (Å²) in [6.45, 7) is 0.471. The Bertz CT molecular complexity index is 1430. The van der Waals surface area contributed by atoms with E-state index >= 15 is 0 Å². The number of nitrogens with zero attached hydrogens (tertiary/aromatic N) is 1. The van der Waals surface area contributed by atoms with E-state index in [4.69, 9.17) is 14.9 Å². The van der Waals surface area contributed by atoms with Crippen LogP contribution in [0.1, 0.15) is 15.9 Å². The van der Waals surface area contributed by atoms with E-state index < -0.39 is 5.91 Å². The lowest BCUT2D eigenvalue weighted by Crippen LogP contribution is -2.11. The zero-order chi connectivity index (χ0) is 22.1. The molecule has 2 N–H and O–H groups in total. The van der Waals surface area contributed by atoms with Crippen LogP contribution >= 0.6 is 0 Å². The smallest absolute Gasteiger partial charge is 0.249 e. The van der Waals surface area contributed by atoms with Crippen molar-refractivity contribution in [1.82, 2.24) is 4.57 Å². The molecule has 0 aliphatic heterocycles. The van der Waals surface area contributed by atoms with E-state index in [1.165, 1.54) is 0 Å². The SMILES string of the molecule is NC(=O)c1cccc2c1c1c(OCC=O)cc(-c3ccco3)cc1n2Cc1ccccc1. The van der Waals surface area contributed by atoms with Crippen molar-refractivity contribution in [3.8, 4) is 17.1 Å². The number of benzene rings is 3. The number of aromatic nitrogens is 1. The van der Waals surface area contributed by atoms with Crippen molar-refractivity contribution in [1.29, 1.82) is 0 Å². The number of hydrogen-bond donors (Lipinski definition) is 1. The molecule has 0 unspecified atom stereocenters. The molecule has 0 aliphatic carbocycles. The molecule has 6 heteroatoms. The molecule has 6 nitrogen and oxygen atoms in total. The Morgan fingerprint density at radius 1 is 0.969 bits per heavy atom. The van der Waals surface area contributed by atoms with Gasteiger partial charge in [0.1, 0.15) is 18.1 Å². The molecular formula is C26H20N2O4. The number of nitrogens with two attached hydrogens (primary N) is 1. The van der Waals surface area contributed by atoms with Crippen molar-refractivity contribution < 1.29 is 18.7 Å². The van der Waals surface area contributed by atoms with E-state index in [2.05, 4.69) is 16.7 Å². The van der Waals surface area contributed by atoms with Gasteiger partial charge in [-0.1, -0.05) is 36.4 Å². The zero-order valence-electron chi connectivity index (χ0n) is 17.2. The lowest BCUT2D eigenvalue weighted by atomic mass is 10.0. The summed E-state index contributed by atoms with van der Waals surface area (Å²) in [4.78, 5) is 23.4. The predicted molar refractivity (Wildman–Crippen MR) is 123 cm³/mol. The maximum absolute atomic E-state index is 12.3. The second kappa shape index (κ2) is 8.07. The molecule has 0 spiro atoms. The van der Waals surface area contributed by atoms with Crippen molar-refractivity contribution in [2.45, 2.75) is 6.54 Å². The van der Waals surface area contributed by atoms with Crippen LogP contribution in [0.3, 0.4) is 0 Å². The Morgan fingerprint density at radius 2 is 1.81 bits per heavy atom. The van der Waals surface area contributed by atoms with Gasteiger partial charge in [-0.3, -0.25) is 9.59 Å². The lowest BCUT2D eigenvalue weighted by molar-refractivity contribution is -0.109. The molecule has 0 saturated carbocycles. The molecule has 0 fully saturated rings. The summed E-state index contributed by atoms with van der Waals surface area (Å²) in [6, 6.07) is 23.1. The Balaban J connectivity index is 1.89. The number of primary amides is 1. The van der Waals surface area contributed by atoms with Gasteiger partial charge in [-0.15, -0.1) is 0 Å². The van der Waals surface area contributed by atoms with E-state index in [0.29, 0.717) is 35.3 Å². The summed E-state index contributed by atoms with van der Waals surface area (Å²) in [5.41, 5.74) is 9.75. The molecule has 0 atom stereocenters. The highest BCUT2D eigenvalue weighted by molar-refractivity contribution is 6.20. The average Bonchev–Trinajstić information content (AvgIpc) is 3.45. The van der Waals surface area contributed by atoms with Gasteiger partial charge in [0, 0.05) is 23.1 Å². The summed E-state index contributed by atoms with van der Waals surface area (Å²) in [5, 5.41) is 1.44.